The Morgan fingerprint density at radius 1 is 1.09 bits per heavy atom. The van der Waals surface area contributed by atoms with Crippen molar-refractivity contribution in [2.75, 3.05) is 24.0 Å². The monoisotopic (exact) mass is 468 g/mol. The predicted octanol–water partition coefficient (Wildman–Crippen LogP) is 5.92. The van der Waals surface area contributed by atoms with Crippen LogP contribution >= 0.6 is 23.2 Å². The minimum atomic E-state index is -0.425. The third-order valence-electron chi connectivity index (χ3n) is 5.81. The molecule has 7 nitrogen and oxygen atoms in total. The highest BCUT2D eigenvalue weighted by Gasteiger charge is 2.44. The number of anilines is 2. The Morgan fingerprint density at radius 3 is 2.47 bits per heavy atom. The van der Waals surface area contributed by atoms with E-state index < -0.39 is 4.92 Å². The zero-order valence-electron chi connectivity index (χ0n) is 17.0. The van der Waals surface area contributed by atoms with Crippen LogP contribution < -0.4 is 15.1 Å². The molecule has 0 aromatic heterocycles. The number of nitro benzene ring substituents is 1. The summed E-state index contributed by atoms with van der Waals surface area (Å²) in [7, 11) is 1.62. The number of nitrogens with one attached hydrogen (secondary N) is 1. The highest BCUT2D eigenvalue weighted by Crippen LogP contribution is 2.46. The third-order valence-corrected chi connectivity index (χ3v) is 6.28. The third kappa shape index (κ3) is 3.43. The van der Waals surface area contributed by atoms with E-state index in [0.717, 1.165) is 22.7 Å². The van der Waals surface area contributed by atoms with E-state index in [0.29, 0.717) is 27.8 Å². The first kappa shape index (κ1) is 20.6. The van der Waals surface area contributed by atoms with Crippen molar-refractivity contribution in [1.82, 2.24) is 0 Å². The van der Waals surface area contributed by atoms with Crippen molar-refractivity contribution < 1.29 is 9.66 Å². The van der Waals surface area contributed by atoms with Crippen molar-refractivity contribution >= 4 is 46.0 Å². The van der Waals surface area contributed by atoms with Crippen LogP contribution in [0, 0.1) is 16.0 Å². The van der Waals surface area contributed by atoms with Crippen LogP contribution in [0.15, 0.2) is 65.8 Å². The van der Waals surface area contributed by atoms with Gasteiger partial charge in [0.05, 0.1) is 29.5 Å². The second kappa shape index (κ2) is 8.00. The number of ether oxygens (including phenoxy) is 1. The minimum Gasteiger partial charge on any atom is -0.497 e. The lowest BCUT2D eigenvalue weighted by molar-refractivity contribution is -0.384. The minimum absolute atomic E-state index is 0.0520. The van der Waals surface area contributed by atoms with Gasteiger partial charge >= 0.3 is 0 Å². The van der Waals surface area contributed by atoms with E-state index in [2.05, 4.69) is 5.32 Å². The lowest BCUT2D eigenvalue weighted by Crippen LogP contribution is -2.34. The fourth-order valence-electron chi connectivity index (χ4n) is 4.36. The zero-order chi connectivity index (χ0) is 22.4. The van der Waals surface area contributed by atoms with Crippen molar-refractivity contribution in [3.63, 3.8) is 0 Å². The molecule has 1 N–H and O–H groups in total. The number of hydrogen-bond donors (Lipinski definition) is 1. The maximum atomic E-state index is 11.6. The molecule has 2 unspecified atom stereocenters. The van der Waals surface area contributed by atoms with Gasteiger partial charge in [-0.25, -0.2) is 0 Å². The number of halogens is 2. The van der Waals surface area contributed by atoms with Gasteiger partial charge in [-0.15, -0.1) is 0 Å². The molecule has 0 spiro atoms. The Bertz CT molecular complexity index is 1230. The molecule has 2 heterocycles. The normalized spacial score (nSPS) is 19.0. The summed E-state index contributed by atoms with van der Waals surface area (Å²) in [5.74, 6) is 0.694. The van der Waals surface area contributed by atoms with Crippen molar-refractivity contribution in [1.29, 1.82) is 0 Å². The molecular weight excluding hydrogens is 451 g/mol. The van der Waals surface area contributed by atoms with Gasteiger partial charge in [-0.1, -0.05) is 35.3 Å². The number of rotatable bonds is 4. The Labute approximate surface area is 194 Å². The van der Waals surface area contributed by atoms with Crippen molar-refractivity contribution in [2.24, 2.45) is 11.0 Å². The number of hydrazone groups is 1. The summed E-state index contributed by atoms with van der Waals surface area (Å²) >= 11 is 12.4. The molecule has 9 heteroatoms. The van der Waals surface area contributed by atoms with Crippen molar-refractivity contribution in [3.05, 3.63) is 92.0 Å². The maximum Gasteiger partial charge on any atom is 0.294 e. The Kier molecular flexibility index (Phi) is 5.15. The molecule has 3 aromatic carbocycles. The number of methoxy groups -OCH3 is 1. The lowest BCUT2D eigenvalue weighted by Gasteiger charge is -2.31. The molecule has 0 amide bonds. The number of nitrogens with zero attached hydrogens (tertiary/aromatic N) is 3. The molecule has 0 saturated carbocycles. The Morgan fingerprint density at radius 2 is 1.81 bits per heavy atom. The number of hydrogen-bond acceptors (Lipinski definition) is 6. The standard InChI is InChI=1S/C23H18Cl2N4O3/c1-32-17-8-6-16(7-9-17)28-23(13-2-4-14(24)5-3-13)19-12-26-22-18(21(19)27-28)10-15(25)11-20(22)29(30)31/h2-11,19,23,26H,12H2,1H3. The Hall–Kier alpha value is -3.29. The summed E-state index contributed by atoms with van der Waals surface area (Å²) in [4.78, 5) is 11.2. The van der Waals surface area contributed by atoms with Gasteiger partial charge in [0.15, 0.2) is 0 Å². The van der Waals surface area contributed by atoms with Gasteiger partial charge in [0.25, 0.3) is 5.69 Å². The molecular formula is C23H18Cl2N4O3. The summed E-state index contributed by atoms with van der Waals surface area (Å²) in [5.41, 5.74) is 3.72. The number of benzene rings is 3. The molecule has 162 valence electrons. The SMILES string of the molecule is COc1ccc(N2N=C3c4cc(Cl)cc([N+](=O)[O-])c4NCC3C2c2ccc(Cl)cc2)cc1. The average molecular weight is 469 g/mol. The molecule has 0 aliphatic carbocycles. The van der Waals surface area contributed by atoms with E-state index in [9.17, 15) is 10.1 Å². The first-order chi connectivity index (χ1) is 15.5. The van der Waals surface area contributed by atoms with Gasteiger partial charge in [-0.05, 0) is 48.0 Å². The van der Waals surface area contributed by atoms with Crippen LogP contribution in [0.3, 0.4) is 0 Å². The van der Waals surface area contributed by atoms with E-state index in [1.165, 1.54) is 6.07 Å². The van der Waals surface area contributed by atoms with E-state index in [-0.39, 0.29) is 17.6 Å². The average Bonchev–Trinajstić information content (AvgIpc) is 3.19. The smallest absolute Gasteiger partial charge is 0.294 e. The quantitative estimate of drug-likeness (QED) is 0.379. The van der Waals surface area contributed by atoms with Crippen LogP contribution in [0.4, 0.5) is 17.1 Å². The number of fused-ring (bicyclic) bond motifs is 3. The second-order valence-electron chi connectivity index (χ2n) is 7.62. The molecule has 2 atom stereocenters. The van der Waals surface area contributed by atoms with Gasteiger partial charge in [-0.3, -0.25) is 15.1 Å². The molecule has 0 fully saturated rings. The molecule has 0 radical (unpaired) electrons. The van der Waals surface area contributed by atoms with Gasteiger partial charge in [-0.2, -0.15) is 5.10 Å². The summed E-state index contributed by atoms with van der Waals surface area (Å²) in [6.07, 6.45) is 0. The zero-order valence-corrected chi connectivity index (χ0v) is 18.5. The predicted molar refractivity (Wildman–Crippen MR) is 126 cm³/mol. The summed E-state index contributed by atoms with van der Waals surface area (Å²) < 4.78 is 5.29. The fraction of sp³-hybridized carbons (Fsp3) is 0.174. The van der Waals surface area contributed by atoms with Gasteiger partial charge in [0.2, 0.25) is 0 Å². The van der Waals surface area contributed by atoms with E-state index in [4.69, 9.17) is 33.0 Å². The van der Waals surface area contributed by atoms with E-state index in [1.807, 2.05) is 53.5 Å². The van der Waals surface area contributed by atoms with Crippen LogP contribution in [0.2, 0.25) is 10.0 Å². The van der Waals surface area contributed by atoms with Crippen LogP contribution in [0.5, 0.6) is 5.75 Å². The second-order valence-corrected chi connectivity index (χ2v) is 8.49. The molecule has 0 bridgehead atoms. The first-order valence-corrected chi connectivity index (χ1v) is 10.7. The van der Waals surface area contributed by atoms with Crippen molar-refractivity contribution in [3.8, 4) is 5.75 Å². The topological polar surface area (TPSA) is 80.0 Å². The molecule has 5 rings (SSSR count). The fourth-order valence-corrected chi connectivity index (χ4v) is 4.70. The summed E-state index contributed by atoms with van der Waals surface area (Å²) in [6, 6.07) is 18.3. The van der Waals surface area contributed by atoms with Gasteiger partial charge in [0, 0.05) is 34.1 Å². The highest BCUT2D eigenvalue weighted by atomic mass is 35.5. The molecule has 32 heavy (non-hydrogen) atoms. The first-order valence-electron chi connectivity index (χ1n) is 9.95. The molecule has 0 saturated heterocycles. The van der Waals surface area contributed by atoms with Crippen molar-refractivity contribution in [2.45, 2.75) is 6.04 Å². The van der Waals surface area contributed by atoms with E-state index in [1.54, 1.807) is 13.2 Å². The lowest BCUT2D eigenvalue weighted by atomic mass is 9.83. The summed E-state index contributed by atoms with van der Waals surface area (Å²) in [6.45, 7) is 0.494. The molecule has 2 aliphatic rings. The van der Waals surface area contributed by atoms with Crippen LogP contribution in [-0.4, -0.2) is 24.3 Å². The largest absolute Gasteiger partial charge is 0.497 e. The van der Waals surface area contributed by atoms with Gasteiger partial charge in [0.1, 0.15) is 11.4 Å². The molecule has 3 aromatic rings. The van der Waals surface area contributed by atoms with Gasteiger partial charge < -0.3 is 10.1 Å². The summed E-state index contributed by atoms with van der Waals surface area (Å²) in [5, 5.41) is 22.7. The van der Waals surface area contributed by atoms with Crippen LogP contribution in [0.25, 0.3) is 0 Å². The number of nitro groups is 1. The maximum absolute atomic E-state index is 11.6. The van der Waals surface area contributed by atoms with E-state index >= 15 is 0 Å². The highest BCUT2D eigenvalue weighted by molar-refractivity contribution is 6.32. The van der Waals surface area contributed by atoms with Crippen LogP contribution in [-0.2, 0) is 0 Å². The van der Waals surface area contributed by atoms with Crippen LogP contribution in [0.1, 0.15) is 17.2 Å². The molecule has 2 aliphatic heterocycles. The Balaban J connectivity index is 1.66.